The van der Waals surface area contributed by atoms with Gasteiger partial charge in [-0.25, -0.2) is 4.39 Å². The fraction of sp³-hybridized carbons (Fsp3) is 0.467. The number of amides is 2. The van der Waals surface area contributed by atoms with Crippen LogP contribution < -0.4 is 5.73 Å². The van der Waals surface area contributed by atoms with Crippen LogP contribution in [-0.2, 0) is 4.79 Å². The summed E-state index contributed by atoms with van der Waals surface area (Å²) < 4.78 is 13.1. The smallest absolute Gasteiger partial charge is 0.254 e. The lowest BCUT2D eigenvalue weighted by Gasteiger charge is -2.35. The number of halogens is 2. The van der Waals surface area contributed by atoms with Crippen LogP contribution in [0.4, 0.5) is 4.39 Å². The van der Waals surface area contributed by atoms with Crippen molar-refractivity contribution in [3.8, 4) is 0 Å². The second kappa shape index (κ2) is 8.10. The van der Waals surface area contributed by atoms with Crippen LogP contribution in [0.3, 0.4) is 0 Å². The molecule has 1 unspecified atom stereocenters. The summed E-state index contributed by atoms with van der Waals surface area (Å²) >= 11 is 0. The van der Waals surface area contributed by atoms with E-state index >= 15 is 0 Å². The molecule has 0 saturated carbocycles. The lowest BCUT2D eigenvalue weighted by Crippen LogP contribution is -2.51. The summed E-state index contributed by atoms with van der Waals surface area (Å²) in [5, 5.41) is 0. The summed E-state index contributed by atoms with van der Waals surface area (Å²) in [6.45, 7) is 3.70. The fourth-order valence-corrected chi connectivity index (χ4v) is 2.37. The zero-order valence-electron chi connectivity index (χ0n) is 12.5. The van der Waals surface area contributed by atoms with Gasteiger partial charge in [0.2, 0.25) is 5.91 Å². The highest BCUT2D eigenvalue weighted by atomic mass is 35.5. The molecule has 0 spiro atoms. The first kappa shape index (κ1) is 18.4. The Morgan fingerprint density at radius 2 is 1.82 bits per heavy atom. The minimum absolute atomic E-state index is 0. The number of carbonyl (C=O) groups excluding carboxylic acids is 2. The third-order valence-electron chi connectivity index (χ3n) is 3.49. The molecule has 0 radical (unpaired) electrons. The van der Waals surface area contributed by atoms with Crippen molar-refractivity contribution in [2.24, 2.45) is 5.73 Å². The van der Waals surface area contributed by atoms with Crippen LogP contribution in [0.5, 0.6) is 0 Å². The molecule has 1 atom stereocenters. The quantitative estimate of drug-likeness (QED) is 0.908. The van der Waals surface area contributed by atoms with Gasteiger partial charge in [-0.15, -0.1) is 12.4 Å². The highest BCUT2D eigenvalue weighted by molar-refractivity contribution is 5.94. The maximum absolute atomic E-state index is 13.1. The highest BCUT2D eigenvalue weighted by Gasteiger charge is 2.25. The average molecular weight is 330 g/mol. The van der Waals surface area contributed by atoms with Crippen molar-refractivity contribution in [3.63, 3.8) is 0 Å². The molecule has 5 nitrogen and oxygen atoms in total. The molecule has 1 heterocycles. The number of piperazine rings is 1. The number of nitrogens with zero attached hydrogens (tertiary/aromatic N) is 2. The number of carbonyl (C=O) groups is 2. The van der Waals surface area contributed by atoms with Crippen LogP contribution >= 0.6 is 12.4 Å². The molecule has 0 aliphatic carbocycles. The summed E-state index contributed by atoms with van der Waals surface area (Å²) in [6, 6.07) is 5.49. The Balaban J connectivity index is 0.00000242. The van der Waals surface area contributed by atoms with E-state index in [2.05, 4.69) is 0 Å². The van der Waals surface area contributed by atoms with Gasteiger partial charge in [0.15, 0.2) is 0 Å². The molecular weight excluding hydrogens is 309 g/mol. The van der Waals surface area contributed by atoms with Gasteiger partial charge in [0.1, 0.15) is 5.82 Å². The largest absolute Gasteiger partial charge is 0.339 e. The van der Waals surface area contributed by atoms with Crippen molar-refractivity contribution in [1.82, 2.24) is 9.80 Å². The first-order valence-corrected chi connectivity index (χ1v) is 7.05. The van der Waals surface area contributed by atoms with Gasteiger partial charge in [-0.3, -0.25) is 9.59 Å². The molecule has 1 aliphatic rings. The first-order chi connectivity index (χ1) is 9.97. The van der Waals surface area contributed by atoms with Crippen LogP contribution in [0.1, 0.15) is 23.7 Å². The van der Waals surface area contributed by atoms with Gasteiger partial charge in [-0.2, -0.15) is 0 Å². The highest BCUT2D eigenvalue weighted by Crippen LogP contribution is 2.11. The lowest BCUT2D eigenvalue weighted by molar-refractivity contribution is -0.132. The molecule has 1 aromatic carbocycles. The van der Waals surface area contributed by atoms with Gasteiger partial charge < -0.3 is 15.5 Å². The maximum atomic E-state index is 13.1. The third-order valence-corrected chi connectivity index (χ3v) is 3.49. The van der Waals surface area contributed by atoms with E-state index in [9.17, 15) is 14.0 Å². The minimum Gasteiger partial charge on any atom is -0.339 e. The molecule has 22 heavy (non-hydrogen) atoms. The molecule has 1 aromatic rings. The van der Waals surface area contributed by atoms with Crippen LogP contribution in [-0.4, -0.2) is 53.8 Å². The number of hydrogen-bond acceptors (Lipinski definition) is 3. The summed E-state index contributed by atoms with van der Waals surface area (Å²) in [5.41, 5.74) is 5.96. The van der Waals surface area contributed by atoms with E-state index in [1.807, 2.05) is 0 Å². The summed E-state index contributed by atoms with van der Waals surface area (Å²) in [7, 11) is 0. The van der Waals surface area contributed by atoms with Crippen LogP contribution in [0.15, 0.2) is 24.3 Å². The Morgan fingerprint density at radius 1 is 1.23 bits per heavy atom. The van der Waals surface area contributed by atoms with Gasteiger partial charge in [0, 0.05) is 44.2 Å². The normalized spacial score (nSPS) is 16.0. The Labute approximate surface area is 135 Å². The van der Waals surface area contributed by atoms with Crippen molar-refractivity contribution < 1.29 is 14.0 Å². The SMILES string of the molecule is CC(N)CC(=O)N1CCN(C(=O)c2cccc(F)c2)CC1.Cl. The monoisotopic (exact) mass is 329 g/mol. The van der Waals surface area contributed by atoms with Gasteiger partial charge >= 0.3 is 0 Å². The average Bonchev–Trinajstić information content (AvgIpc) is 2.46. The minimum atomic E-state index is -0.424. The Hall–Kier alpha value is -1.66. The molecular formula is C15H21ClFN3O2. The molecule has 1 fully saturated rings. The number of rotatable bonds is 3. The molecule has 7 heteroatoms. The summed E-state index contributed by atoms with van der Waals surface area (Å²) in [6.07, 6.45) is 0.317. The van der Waals surface area contributed by atoms with Crippen LogP contribution in [0.2, 0.25) is 0 Å². The molecule has 2 rings (SSSR count). The van der Waals surface area contributed by atoms with E-state index in [-0.39, 0.29) is 30.3 Å². The standard InChI is InChI=1S/C15H20FN3O2.ClH/c1-11(17)9-14(20)18-5-7-19(8-6-18)15(21)12-3-2-4-13(16)10-12;/h2-4,10-11H,5-9,17H2,1H3;1H. The van der Waals surface area contributed by atoms with Gasteiger partial charge in [-0.1, -0.05) is 6.07 Å². The predicted molar refractivity (Wildman–Crippen MR) is 84.4 cm³/mol. The maximum Gasteiger partial charge on any atom is 0.254 e. The van der Waals surface area contributed by atoms with E-state index in [4.69, 9.17) is 5.73 Å². The Kier molecular flexibility index (Phi) is 6.77. The van der Waals surface area contributed by atoms with Gasteiger partial charge in [0.25, 0.3) is 5.91 Å². The molecule has 1 aliphatic heterocycles. The summed E-state index contributed by atoms with van der Waals surface area (Å²) in [4.78, 5) is 27.5. The van der Waals surface area contributed by atoms with Crippen LogP contribution in [0.25, 0.3) is 0 Å². The molecule has 2 amide bonds. The second-order valence-corrected chi connectivity index (χ2v) is 5.36. The predicted octanol–water partition coefficient (Wildman–Crippen LogP) is 1.27. The van der Waals surface area contributed by atoms with E-state index in [1.165, 1.54) is 18.2 Å². The van der Waals surface area contributed by atoms with Gasteiger partial charge in [0.05, 0.1) is 0 Å². The molecule has 0 aromatic heterocycles. The Morgan fingerprint density at radius 3 is 2.36 bits per heavy atom. The van der Waals surface area contributed by atoms with E-state index in [0.717, 1.165) is 0 Å². The fourth-order valence-electron chi connectivity index (χ4n) is 2.37. The summed E-state index contributed by atoms with van der Waals surface area (Å²) in [5.74, 6) is -0.608. The van der Waals surface area contributed by atoms with E-state index in [1.54, 1.807) is 22.8 Å². The second-order valence-electron chi connectivity index (χ2n) is 5.36. The number of benzene rings is 1. The zero-order valence-corrected chi connectivity index (χ0v) is 13.3. The van der Waals surface area contributed by atoms with Crippen molar-refractivity contribution in [2.75, 3.05) is 26.2 Å². The molecule has 1 saturated heterocycles. The molecule has 2 N–H and O–H groups in total. The lowest BCUT2D eigenvalue weighted by atomic mass is 10.1. The Bertz CT molecular complexity index is 531. The van der Waals surface area contributed by atoms with Crippen LogP contribution in [0, 0.1) is 5.82 Å². The molecule has 0 bridgehead atoms. The zero-order chi connectivity index (χ0) is 15.4. The van der Waals surface area contributed by atoms with Crippen molar-refractivity contribution in [3.05, 3.63) is 35.6 Å². The number of nitrogens with two attached hydrogens (primary N) is 1. The first-order valence-electron chi connectivity index (χ1n) is 7.05. The number of hydrogen-bond donors (Lipinski definition) is 1. The van der Waals surface area contributed by atoms with E-state index < -0.39 is 5.82 Å². The van der Waals surface area contributed by atoms with Crippen molar-refractivity contribution in [1.29, 1.82) is 0 Å². The van der Waals surface area contributed by atoms with E-state index in [0.29, 0.717) is 38.2 Å². The molecule has 122 valence electrons. The topological polar surface area (TPSA) is 66.6 Å². The van der Waals surface area contributed by atoms with Gasteiger partial charge in [-0.05, 0) is 25.1 Å². The third kappa shape index (κ3) is 4.68. The van der Waals surface area contributed by atoms with Crippen molar-refractivity contribution in [2.45, 2.75) is 19.4 Å². The van der Waals surface area contributed by atoms with Crippen molar-refractivity contribution >= 4 is 24.2 Å².